The second-order valence-electron chi connectivity index (χ2n) is 8.67. The molecule has 4 amide bonds. The van der Waals surface area contributed by atoms with Crippen LogP contribution in [0.5, 0.6) is 0 Å². The number of H-pyrrole nitrogens is 1. The number of aliphatic imine (C=N–C) groups is 1. The molecule has 10 heteroatoms. The van der Waals surface area contributed by atoms with E-state index in [2.05, 4.69) is 15.6 Å². The summed E-state index contributed by atoms with van der Waals surface area (Å²) in [6.45, 7) is -0.770. The van der Waals surface area contributed by atoms with Gasteiger partial charge in [0, 0.05) is 22.0 Å². The number of para-hydroxylation sites is 2. The molecular weight excluding hydrogens is 484 g/mol. The summed E-state index contributed by atoms with van der Waals surface area (Å²) in [5.74, 6) is -2.43. The molecule has 1 aromatic heterocycles. The van der Waals surface area contributed by atoms with Gasteiger partial charge in [0.2, 0.25) is 18.0 Å². The van der Waals surface area contributed by atoms with Crippen LogP contribution in [-0.4, -0.2) is 53.6 Å². The molecule has 0 saturated heterocycles. The van der Waals surface area contributed by atoms with Gasteiger partial charge in [-0.05, 0) is 18.2 Å². The number of nitrogens with two attached hydrogens (primary N) is 1. The lowest BCUT2D eigenvalue weighted by molar-refractivity contribution is -0.126. The van der Waals surface area contributed by atoms with Gasteiger partial charge in [-0.15, -0.1) is 0 Å². The minimum absolute atomic E-state index is 0.267. The van der Waals surface area contributed by atoms with E-state index in [1.165, 1.54) is 4.90 Å². The summed E-state index contributed by atoms with van der Waals surface area (Å²) in [6.07, 6.45) is -1.33. The number of carbonyl (C=O) groups excluding carboxylic acids is 4. The number of benzodiazepines with no additional fused rings is 1. The zero-order chi connectivity index (χ0) is 26.6. The summed E-state index contributed by atoms with van der Waals surface area (Å²) in [5.41, 5.74) is 8.45. The van der Waals surface area contributed by atoms with Crippen LogP contribution in [0.15, 0.2) is 89.9 Å². The summed E-state index contributed by atoms with van der Waals surface area (Å²) in [7, 11) is 0. The molecule has 2 heterocycles. The van der Waals surface area contributed by atoms with E-state index < -0.39 is 36.3 Å². The number of rotatable bonds is 7. The zero-order valence-electron chi connectivity index (χ0n) is 20.2. The Balaban J connectivity index is 1.54. The van der Waals surface area contributed by atoms with Gasteiger partial charge >= 0.3 is 0 Å². The first-order valence-electron chi connectivity index (χ1n) is 11.9. The van der Waals surface area contributed by atoms with Crippen molar-refractivity contribution in [1.29, 1.82) is 0 Å². The van der Waals surface area contributed by atoms with Crippen LogP contribution in [0.3, 0.4) is 0 Å². The number of carbonyl (C=O) groups is 4. The third-order valence-electron chi connectivity index (χ3n) is 6.06. The van der Waals surface area contributed by atoms with Gasteiger partial charge in [0.25, 0.3) is 11.8 Å². The molecule has 0 aliphatic carbocycles. The van der Waals surface area contributed by atoms with Crippen LogP contribution in [0.2, 0.25) is 0 Å². The molecule has 5 N–H and O–H groups in total. The second-order valence-corrected chi connectivity index (χ2v) is 8.67. The summed E-state index contributed by atoms with van der Waals surface area (Å²) < 4.78 is 0. The fraction of sp³-hybridized carbons (Fsp3) is 0.107. The summed E-state index contributed by atoms with van der Waals surface area (Å²) in [5, 5.41) is 5.97. The smallest absolute Gasteiger partial charge is 0.272 e. The molecule has 1 aliphatic heterocycles. The molecule has 0 fully saturated rings. The SMILES string of the molecule is NC(=O)CNC(=O)CN1C(=O)[C@@H](NC(=O)c2cc3ccccc3[nH]2)N=C(c2ccccc2)c2ccccc21. The number of benzene rings is 3. The molecule has 190 valence electrons. The first kappa shape index (κ1) is 24.4. The van der Waals surface area contributed by atoms with Crippen molar-refractivity contribution in [2.75, 3.05) is 18.0 Å². The van der Waals surface area contributed by atoms with Gasteiger partial charge in [0.15, 0.2) is 0 Å². The molecule has 0 unspecified atom stereocenters. The standard InChI is InChI=1S/C28H24N6O4/c29-23(35)15-30-24(36)16-34-22-13-7-5-11-19(22)25(17-8-2-1-3-9-17)32-26(28(34)38)33-27(37)21-14-18-10-4-6-12-20(18)31-21/h1-14,26,31H,15-16H2,(H2,29,35)(H,30,36)(H,33,37)/t26-/m1/s1. The van der Waals surface area contributed by atoms with Gasteiger partial charge in [0.05, 0.1) is 17.9 Å². The predicted octanol–water partition coefficient (Wildman–Crippen LogP) is 1.71. The second kappa shape index (κ2) is 10.4. The predicted molar refractivity (Wildman–Crippen MR) is 143 cm³/mol. The van der Waals surface area contributed by atoms with E-state index in [4.69, 9.17) is 10.7 Å². The Morgan fingerprint density at radius 1 is 0.947 bits per heavy atom. The van der Waals surface area contributed by atoms with Crippen molar-refractivity contribution in [3.8, 4) is 0 Å². The Labute approximate surface area is 217 Å². The van der Waals surface area contributed by atoms with Crippen LogP contribution >= 0.6 is 0 Å². The van der Waals surface area contributed by atoms with E-state index in [9.17, 15) is 19.2 Å². The highest BCUT2D eigenvalue weighted by Crippen LogP contribution is 2.28. The molecule has 1 aliphatic rings. The van der Waals surface area contributed by atoms with Gasteiger partial charge in [0.1, 0.15) is 12.2 Å². The molecule has 0 radical (unpaired) electrons. The van der Waals surface area contributed by atoms with Gasteiger partial charge in [-0.25, -0.2) is 4.99 Å². The number of hydrogen-bond acceptors (Lipinski definition) is 5. The monoisotopic (exact) mass is 508 g/mol. The average Bonchev–Trinajstić information content (AvgIpc) is 3.33. The first-order valence-corrected chi connectivity index (χ1v) is 11.9. The lowest BCUT2D eigenvalue weighted by Crippen LogP contribution is -2.50. The highest BCUT2D eigenvalue weighted by molar-refractivity contribution is 6.21. The number of aromatic nitrogens is 1. The van der Waals surface area contributed by atoms with E-state index in [0.717, 1.165) is 16.5 Å². The van der Waals surface area contributed by atoms with Crippen LogP contribution in [0, 0.1) is 0 Å². The maximum absolute atomic E-state index is 13.8. The van der Waals surface area contributed by atoms with E-state index in [1.54, 1.807) is 30.3 Å². The Morgan fingerprint density at radius 2 is 1.66 bits per heavy atom. The summed E-state index contributed by atoms with van der Waals surface area (Å²) in [4.78, 5) is 59.9. The van der Waals surface area contributed by atoms with Gasteiger partial charge in [-0.1, -0.05) is 66.7 Å². The molecule has 4 aromatic rings. The van der Waals surface area contributed by atoms with Crippen molar-refractivity contribution < 1.29 is 19.2 Å². The van der Waals surface area contributed by atoms with E-state index >= 15 is 0 Å². The minimum Gasteiger partial charge on any atom is -0.368 e. The number of amides is 4. The first-order chi connectivity index (χ1) is 18.4. The van der Waals surface area contributed by atoms with Crippen molar-refractivity contribution in [1.82, 2.24) is 15.6 Å². The number of hydrogen-bond donors (Lipinski definition) is 4. The summed E-state index contributed by atoms with van der Waals surface area (Å²) in [6, 6.07) is 25.4. The molecule has 3 aromatic carbocycles. The third-order valence-corrected chi connectivity index (χ3v) is 6.06. The lowest BCUT2D eigenvalue weighted by Gasteiger charge is -2.24. The number of primary amides is 1. The van der Waals surface area contributed by atoms with Crippen LogP contribution in [-0.2, 0) is 14.4 Å². The Hall–Kier alpha value is -5.25. The molecule has 0 spiro atoms. The third kappa shape index (κ3) is 5.00. The zero-order valence-corrected chi connectivity index (χ0v) is 20.2. The maximum Gasteiger partial charge on any atom is 0.272 e. The molecule has 1 atom stereocenters. The van der Waals surface area contributed by atoms with Crippen LogP contribution in [0.4, 0.5) is 5.69 Å². The largest absolute Gasteiger partial charge is 0.368 e. The van der Waals surface area contributed by atoms with Crippen molar-refractivity contribution in [2.24, 2.45) is 10.7 Å². The van der Waals surface area contributed by atoms with Crippen molar-refractivity contribution in [3.63, 3.8) is 0 Å². The Kier molecular flexibility index (Phi) is 6.68. The fourth-order valence-corrected chi connectivity index (χ4v) is 4.30. The van der Waals surface area contributed by atoms with E-state index in [-0.39, 0.29) is 12.2 Å². The average molecular weight is 509 g/mol. The molecule has 0 saturated carbocycles. The number of anilines is 1. The van der Waals surface area contributed by atoms with Gasteiger partial charge < -0.3 is 21.4 Å². The van der Waals surface area contributed by atoms with Crippen molar-refractivity contribution in [2.45, 2.75) is 6.17 Å². The quantitative estimate of drug-likeness (QED) is 0.301. The number of aromatic amines is 1. The number of nitrogens with one attached hydrogen (secondary N) is 3. The minimum atomic E-state index is -1.33. The molecular formula is C28H24N6O4. The molecule has 5 rings (SSSR count). The van der Waals surface area contributed by atoms with Crippen LogP contribution < -0.4 is 21.3 Å². The van der Waals surface area contributed by atoms with Crippen molar-refractivity contribution >= 4 is 45.9 Å². The normalized spacial score (nSPS) is 14.8. The Bertz CT molecular complexity index is 1540. The van der Waals surface area contributed by atoms with Crippen molar-refractivity contribution in [3.05, 3.63) is 102 Å². The fourth-order valence-electron chi connectivity index (χ4n) is 4.30. The highest BCUT2D eigenvalue weighted by Gasteiger charge is 2.34. The van der Waals surface area contributed by atoms with Crippen LogP contribution in [0.25, 0.3) is 10.9 Å². The lowest BCUT2D eigenvalue weighted by atomic mass is 10.0. The van der Waals surface area contributed by atoms with Crippen LogP contribution in [0.1, 0.15) is 21.6 Å². The summed E-state index contributed by atoms with van der Waals surface area (Å²) >= 11 is 0. The maximum atomic E-state index is 13.8. The highest BCUT2D eigenvalue weighted by atomic mass is 16.2. The molecule has 10 nitrogen and oxygen atoms in total. The topological polar surface area (TPSA) is 150 Å². The van der Waals surface area contributed by atoms with E-state index in [1.807, 2.05) is 54.6 Å². The molecule has 38 heavy (non-hydrogen) atoms. The van der Waals surface area contributed by atoms with Gasteiger partial charge in [-0.2, -0.15) is 0 Å². The molecule has 0 bridgehead atoms. The van der Waals surface area contributed by atoms with E-state index in [0.29, 0.717) is 17.0 Å². The van der Waals surface area contributed by atoms with Gasteiger partial charge in [-0.3, -0.25) is 24.1 Å². The Morgan fingerprint density at radius 3 is 2.42 bits per heavy atom. The number of fused-ring (bicyclic) bond motifs is 2. The number of nitrogens with zero attached hydrogens (tertiary/aromatic N) is 2.